The quantitative estimate of drug-likeness (QED) is 0.854. The first-order valence-corrected chi connectivity index (χ1v) is 6.82. The lowest BCUT2D eigenvalue weighted by atomic mass is 10.1. The number of hydrogen-bond donors (Lipinski definition) is 0. The zero-order chi connectivity index (χ0) is 13.9. The van der Waals surface area contributed by atoms with Gasteiger partial charge >= 0.3 is 0 Å². The molecule has 20 heavy (non-hydrogen) atoms. The molecule has 0 saturated heterocycles. The highest BCUT2D eigenvalue weighted by Gasteiger charge is 2.18. The van der Waals surface area contributed by atoms with Crippen molar-refractivity contribution in [3.63, 3.8) is 0 Å². The molecule has 0 N–H and O–H groups in total. The summed E-state index contributed by atoms with van der Waals surface area (Å²) in [5.41, 5.74) is 4.01. The molecular weight excluding hydrogens is 248 g/mol. The molecule has 2 aromatic rings. The van der Waals surface area contributed by atoms with E-state index >= 15 is 0 Å². The number of rotatable bonds is 3. The minimum atomic E-state index is 0.654. The number of nitriles is 1. The lowest BCUT2D eigenvalue weighted by molar-refractivity contribution is 0.851. The van der Waals surface area contributed by atoms with Gasteiger partial charge in [-0.15, -0.1) is 0 Å². The molecule has 1 aliphatic carbocycles. The van der Waals surface area contributed by atoms with E-state index in [1.54, 1.807) is 6.20 Å². The minimum Gasteiger partial charge on any atom is -0.353 e. The van der Waals surface area contributed by atoms with E-state index in [-0.39, 0.29) is 0 Å². The van der Waals surface area contributed by atoms with Crippen LogP contribution in [0.2, 0.25) is 0 Å². The summed E-state index contributed by atoms with van der Waals surface area (Å²) in [5.74, 6) is 0.763. The molecule has 0 saturated carbocycles. The molecule has 0 radical (unpaired) electrons. The zero-order valence-corrected chi connectivity index (χ0v) is 11.5. The molecular formula is C16H16N4. The third kappa shape index (κ3) is 2.35. The van der Waals surface area contributed by atoms with Crippen LogP contribution in [0, 0.1) is 11.3 Å². The van der Waals surface area contributed by atoms with Crippen molar-refractivity contribution in [2.45, 2.75) is 25.8 Å². The highest BCUT2D eigenvalue weighted by atomic mass is 15.2. The predicted molar refractivity (Wildman–Crippen MR) is 77.3 cm³/mol. The molecule has 2 heterocycles. The molecule has 0 bridgehead atoms. The maximum Gasteiger partial charge on any atom is 0.146 e. The Hall–Kier alpha value is -2.41. The van der Waals surface area contributed by atoms with Crippen LogP contribution >= 0.6 is 0 Å². The Kier molecular flexibility index (Phi) is 3.34. The van der Waals surface area contributed by atoms with Gasteiger partial charge in [0.15, 0.2) is 0 Å². The van der Waals surface area contributed by atoms with Gasteiger partial charge in [-0.05, 0) is 43.0 Å². The van der Waals surface area contributed by atoms with Crippen molar-refractivity contribution >= 4 is 5.82 Å². The van der Waals surface area contributed by atoms with Crippen molar-refractivity contribution in [3.8, 4) is 6.07 Å². The smallest absolute Gasteiger partial charge is 0.146 e. The van der Waals surface area contributed by atoms with Crippen molar-refractivity contribution in [2.24, 2.45) is 0 Å². The average molecular weight is 264 g/mol. The predicted octanol–water partition coefficient (Wildman–Crippen LogP) is 2.47. The van der Waals surface area contributed by atoms with Gasteiger partial charge < -0.3 is 4.90 Å². The van der Waals surface area contributed by atoms with Crippen molar-refractivity contribution in [2.75, 3.05) is 11.9 Å². The lowest BCUT2D eigenvalue weighted by Gasteiger charge is -2.20. The Balaban J connectivity index is 1.91. The van der Waals surface area contributed by atoms with E-state index < -0.39 is 0 Å². The van der Waals surface area contributed by atoms with Gasteiger partial charge in [0.1, 0.15) is 11.9 Å². The minimum absolute atomic E-state index is 0.654. The molecule has 4 nitrogen and oxygen atoms in total. The van der Waals surface area contributed by atoms with E-state index in [0.717, 1.165) is 36.5 Å². The van der Waals surface area contributed by atoms with Crippen LogP contribution in [0.1, 0.15) is 28.9 Å². The number of aromatic nitrogens is 2. The topological polar surface area (TPSA) is 52.8 Å². The van der Waals surface area contributed by atoms with Gasteiger partial charge in [0.25, 0.3) is 0 Å². The fourth-order valence-corrected chi connectivity index (χ4v) is 2.64. The summed E-state index contributed by atoms with van der Waals surface area (Å²) < 4.78 is 0. The fourth-order valence-electron chi connectivity index (χ4n) is 2.64. The van der Waals surface area contributed by atoms with Crippen molar-refractivity contribution < 1.29 is 0 Å². The summed E-state index contributed by atoms with van der Waals surface area (Å²) in [7, 11) is 1.96. The van der Waals surface area contributed by atoms with Crippen LogP contribution in [0.25, 0.3) is 0 Å². The van der Waals surface area contributed by atoms with Crippen LogP contribution < -0.4 is 4.90 Å². The summed E-state index contributed by atoms with van der Waals surface area (Å²) in [6.45, 7) is 0.654. The van der Waals surface area contributed by atoms with E-state index in [1.807, 2.05) is 36.2 Å². The van der Waals surface area contributed by atoms with Gasteiger partial charge in [0, 0.05) is 18.9 Å². The molecule has 0 amide bonds. The summed E-state index contributed by atoms with van der Waals surface area (Å²) in [6, 6.07) is 10.1. The van der Waals surface area contributed by atoms with Crippen molar-refractivity contribution in [1.82, 2.24) is 9.97 Å². The number of hydrogen-bond acceptors (Lipinski definition) is 4. The molecule has 2 aromatic heterocycles. The standard InChI is InChI=1S/C16H16N4/c1-20(11-14-6-2-3-8-18-14)16-13(10-17)9-12-5-4-7-15(12)19-16/h2-3,6,8-9H,4-5,7,11H2,1H3. The van der Waals surface area contributed by atoms with Gasteiger partial charge in [-0.3, -0.25) is 4.98 Å². The molecule has 0 aromatic carbocycles. The number of fused-ring (bicyclic) bond motifs is 1. The summed E-state index contributed by atoms with van der Waals surface area (Å²) in [5, 5.41) is 9.33. The van der Waals surface area contributed by atoms with E-state index in [2.05, 4.69) is 11.1 Å². The molecule has 100 valence electrons. The molecule has 0 fully saturated rings. The van der Waals surface area contributed by atoms with Gasteiger partial charge in [-0.1, -0.05) is 6.07 Å². The number of nitrogens with zero attached hydrogens (tertiary/aromatic N) is 4. The van der Waals surface area contributed by atoms with E-state index in [0.29, 0.717) is 12.1 Å². The van der Waals surface area contributed by atoms with Crippen LogP contribution in [0.3, 0.4) is 0 Å². The highest BCUT2D eigenvalue weighted by molar-refractivity contribution is 5.56. The Morgan fingerprint density at radius 1 is 1.35 bits per heavy atom. The van der Waals surface area contributed by atoms with Gasteiger partial charge in [0.2, 0.25) is 0 Å². The molecule has 0 unspecified atom stereocenters. The largest absolute Gasteiger partial charge is 0.353 e. The number of anilines is 1. The first-order chi connectivity index (χ1) is 9.78. The zero-order valence-electron chi connectivity index (χ0n) is 11.5. The molecule has 4 heteroatoms. The van der Waals surface area contributed by atoms with Crippen LogP contribution in [-0.4, -0.2) is 17.0 Å². The first kappa shape index (κ1) is 12.6. The van der Waals surface area contributed by atoms with Crippen LogP contribution in [-0.2, 0) is 19.4 Å². The second-order valence-corrected chi connectivity index (χ2v) is 5.11. The Bertz CT molecular complexity index is 658. The van der Waals surface area contributed by atoms with E-state index in [4.69, 9.17) is 4.98 Å². The Morgan fingerprint density at radius 3 is 3.00 bits per heavy atom. The Morgan fingerprint density at radius 2 is 2.25 bits per heavy atom. The molecule has 0 spiro atoms. The summed E-state index contributed by atoms with van der Waals surface area (Å²) in [6.07, 6.45) is 4.98. The van der Waals surface area contributed by atoms with E-state index in [1.165, 1.54) is 5.56 Å². The molecule has 0 aliphatic heterocycles. The first-order valence-electron chi connectivity index (χ1n) is 6.82. The molecule has 3 rings (SSSR count). The van der Waals surface area contributed by atoms with Crippen LogP contribution in [0.4, 0.5) is 5.82 Å². The molecule has 0 atom stereocenters. The second kappa shape index (κ2) is 5.30. The third-order valence-electron chi connectivity index (χ3n) is 3.64. The lowest BCUT2D eigenvalue weighted by Crippen LogP contribution is -2.20. The third-order valence-corrected chi connectivity index (χ3v) is 3.64. The second-order valence-electron chi connectivity index (χ2n) is 5.11. The Labute approximate surface area is 118 Å². The highest BCUT2D eigenvalue weighted by Crippen LogP contribution is 2.27. The van der Waals surface area contributed by atoms with Gasteiger partial charge in [0.05, 0.1) is 17.8 Å². The maximum atomic E-state index is 9.33. The van der Waals surface area contributed by atoms with Crippen LogP contribution in [0.5, 0.6) is 0 Å². The normalized spacial score (nSPS) is 12.8. The van der Waals surface area contributed by atoms with Crippen molar-refractivity contribution in [1.29, 1.82) is 5.26 Å². The van der Waals surface area contributed by atoms with Crippen molar-refractivity contribution in [3.05, 3.63) is 53.0 Å². The SMILES string of the molecule is CN(Cc1ccccn1)c1nc2c(cc1C#N)CCC2. The van der Waals surface area contributed by atoms with E-state index in [9.17, 15) is 5.26 Å². The fraction of sp³-hybridized carbons (Fsp3) is 0.312. The average Bonchev–Trinajstić information content (AvgIpc) is 2.94. The number of aryl methyl sites for hydroxylation is 2. The van der Waals surface area contributed by atoms with Gasteiger partial charge in [-0.2, -0.15) is 5.26 Å². The monoisotopic (exact) mass is 264 g/mol. The summed E-state index contributed by atoms with van der Waals surface area (Å²) >= 11 is 0. The maximum absolute atomic E-state index is 9.33. The molecule has 1 aliphatic rings. The van der Waals surface area contributed by atoms with Gasteiger partial charge in [-0.25, -0.2) is 4.98 Å². The summed E-state index contributed by atoms with van der Waals surface area (Å²) in [4.78, 5) is 11.0. The van der Waals surface area contributed by atoms with Crippen LogP contribution in [0.15, 0.2) is 30.5 Å². The number of pyridine rings is 2.